The number of ether oxygens (including phenoxy) is 1. The molecular weight excluding hydrogens is 401 g/mol. The highest BCUT2D eigenvalue weighted by Gasteiger charge is 2.30. The molecule has 0 aliphatic carbocycles. The number of carbonyl (C=O) groups excluding carboxylic acids is 1. The number of nitrogens with zero attached hydrogens (tertiary/aromatic N) is 2. The van der Waals surface area contributed by atoms with Gasteiger partial charge in [-0.1, -0.05) is 17.3 Å². The Morgan fingerprint density at radius 2 is 2.03 bits per heavy atom. The van der Waals surface area contributed by atoms with Crippen LogP contribution in [0.25, 0.3) is 0 Å². The number of carbonyl (C=O) groups is 1. The molecule has 0 radical (unpaired) electrons. The van der Waals surface area contributed by atoms with Crippen LogP contribution in [0.2, 0.25) is 0 Å². The number of halogens is 1. The largest absolute Gasteiger partial charge is 0.495 e. The Morgan fingerprint density at radius 1 is 1.28 bits per heavy atom. The fourth-order valence-corrected chi connectivity index (χ4v) is 3.65. The molecule has 1 unspecified atom stereocenters. The minimum Gasteiger partial charge on any atom is -0.495 e. The van der Waals surface area contributed by atoms with Crippen LogP contribution in [0.1, 0.15) is 12.0 Å². The standard InChI is InChI=1S/C19H20FN3O5S/c1-23(2)29(25,26)14-7-8-17(27-3)16(10-14)21-19(24)18-11-15(22-28-18)12-5-4-6-13(20)9-12/h4-10,18H,11H2,1-3H3,(H,21,24). The Kier molecular flexibility index (Phi) is 5.85. The lowest BCUT2D eigenvalue weighted by atomic mass is 10.0. The van der Waals surface area contributed by atoms with Crippen molar-refractivity contribution >= 4 is 27.3 Å². The van der Waals surface area contributed by atoms with Gasteiger partial charge >= 0.3 is 0 Å². The zero-order chi connectivity index (χ0) is 21.2. The maximum atomic E-state index is 13.4. The highest BCUT2D eigenvalue weighted by atomic mass is 32.2. The number of nitrogens with one attached hydrogen (secondary N) is 1. The van der Waals surface area contributed by atoms with Gasteiger partial charge in [-0.05, 0) is 30.3 Å². The van der Waals surface area contributed by atoms with E-state index in [1.54, 1.807) is 12.1 Å². The summed E-state index contributed by atoms with van der Waals surface area (Å²) >= 11 is 0. The smallest absolute Gasteiger partial charge is 0.268 e. The Bertz CT molecular complexity index is 1070. The van der Waals surface area contributed by atoms with E-state index in [2.05, 4.69) is 10.5 Å². The summed E-state index contributed by atoms with van der Waals surface area (Å²) in [5.41, 5.74) is 1.15. The Morgan fingerprint density at radius 3 is 2.69 bits per heavy atom. The van der Waals surface area contributed by atoms with Gasteiger partial charge in [0, 0.05) is 26.1 Å². The zero-order valence-electron chi connectivity index (χ0n) is 16.0. The molecule has 154 valence electrons. The minimum atomic E-state index is -3.69. The topological polar surface area (TPSA) is 97.3 Å². The number of methoxy groups -OCH3 is 1. The molecule has 0 aromatic heterocycles. The van der Waals surface area contributed by atoms with Gasteiger partial charge in [-0.15, -0.1) is 0 Å². The van der Waals surface area contributed by atoms with Crippen LogP contribution in [0.4, 0.5) is 10.1 Å². The molecule has 8 nitrogen and oxygen atoms in total. The lowest BCUT2D eigenvalue weighted by Gasteiger charge is -2.16. The third kappa shape index (κ3) is 4.38. The quantitative estimate of drug-likeness (QED) is 0.771. The highest BCUT2D eigenvalue weighted by molar-refractivity contribution is 7.89. The molecule has 0 saturated carbocycles. The van der Waals surface area contributed by atoms with E-state index in [0.29, 0.717) is 17.0 Å². The maximum Gasteiger partial charge on any atom is 0.268 e. The first-order valence-electron chi connectivity index (χ1n) is 8.62. The van der Waals surface area contributed by atoms with E-state index in [-0.39, 0.29) is 17.0 Å². The summed E-state index contributed by atoms with van der Waals surface area (Å²) in [5, 5.41) is 6.49. The van der Waals surface area contributed by atoms with Crippen molar-refractivity contribution < 1.29 is 27.2 Å². The molecule has 0 saturated heterocycles. The summed E-state index contributed by atoms with van der Waals surface area (Å²) in [4.78, 5) is 17.8. The summed E-state index contributed by atoms with van der Waals surface area (Å²) in [6.07, 6.45) is -0.792. The summed E-state index contributed by atoms with van der Waals surface area (Å²) in [5.74, 6) is -0.653. The van der Waals surface area contributed by atoms with Gasteiger partial charge in [0.2, 0.25) is 16.1 Å². The van der Waals surface area contributed by atoms with E-state index in [1.807, 2.05) is 0 Å². The molecule has 1 heterocycles. The zero-order valence-corrected chi connectivity index (χ0v) is 16.9. The second kappa shape index (κ2) is 8.18. The van der Waals surface area contributed by atoms with Crippen molar-refractivity contribution in [1.82, 2.24) is 4.31 Å². The maximum absolute atomic E-state index is 13.4. The molecule has 2 aromatic carbocycles. The minimum absolute atomic E-state index is 0.00244. The van der Waals surface area contributed by atoms with Gasteiger partial charge in [0.05, 0.1) is 23.4 Å². The van der Waals surface area contributed by atoms with Gasteiger partial charge in [0.15, 0.2) is 0 Å². The second-order valence-electron chi connectivity index (χ2n) is 6.49. The highest BCUT2D eigenvalue weighted by Crippen LogP contribution is 2.29. The Hall–Kier alpha value is -2.98. The molecule has 29 heavy (non-hydrogen) atoms. The number of anilines is 1. The van der Waals surface area contributed by atoms with Gasteiger partial charge in [-0.25, -0.2) is 17.1 Å². The molecule has 1 aliphatic rings. The average Bonchev–Trinajstić information content (AvgIpc) is 3.18. The lowest BCUT2D eigenvalue weighted by molar-refractivity contribution is -0.125. The lowest BCUT2D eigenvalue weighted by Crippen LogP contribution is -2.28. The predicted molar refractivity (Wildman–Crippen MR) is 105 cm³/mol. The summed E-state index contributed by atoms with van der Waals surface area (Å²) in [6, 6.07) is 9.99. The van der Waals surface area contributed by atoms with Crippen molar-refractivity contribution in [3.8, 4) is 5.75 Å². The van der Waals surface area contributed by atoms with E-state index < -0.39 is 27.9 Å². The van der Waals surface area contributed by atoms with Crippen LogP contribution in [-0.4, -0.2) is 51.7 Å². The summed E-state index contributed by atoms with van der Waals surface area (Å²) in [7, 11) is 0.538. The molecule has 0 fully saturated rings. The summed E-state index contributed by atoms with van der Waals surface area (Å²) < 4.78 is 44.4. The number of hydrogen-bond acceptors (Lipinski definition) is 6. The van der Waals surface area contributed by atoms with Crippen molar-refractivity contribution in [1.29, 1.82) is 0 Å². The fraction of sp³-hybridized carbons (Fsp3) is 0.263. The molecular formula is C19H20FN3O5S. The number of sulfonamides is 1. The van der Waals surface area contributed by atoms with Crippen molar-refractivity contribution in [3.63, 3.8) is 0 Å². The molecule has 0 bridgehead atoms. The number of rotatable bonds is 6. The van der Waals surface area contributed by atoms with Gasteiger partial charge in [-0.3, -0.25) is 4.79 Å². The number of amides is 1. The predicted octanol–water partition coefficient (Wildman–Crippen LogP) is 2.22. The van der Waals surface area contributed by atoms with Gasteiger partial charge in [-0.2, -0.15) is 0 Å². The van der Waals surface area contributed by atoms with Crippen molar-refractivity contribution in [2.75, 3.05) is 26.5 Å². The van der Waals surface area contributed by atoms with Crippen LogP contribution < -0.4 is 10.1 Å². The first-order chi connectivity index (χ1) is 13.7. The van der Waals surface area contributed by atoms with E-state index in [4.69, 9.17) is 9.57 Å². The summed E-state index contributed by atoms with van der Waals surface area (Å²) in [6.45, 7) is 0. The van der Waals surface area contributed by atoms with Crippen LogP contribution in [0.15, 0.2) is 52.5 Å². The molecule has 1 N–H and O–H groups in total. The molecule has 10 heteroatoms. The SMILES string of the molecule is COc1ccc(S(=O)(=O)N(C)C)cc1NC(=O)C1CC(c2cccc(F)c2)=NO1. The van der Waals surface area contributed by atoms with Crippen LogP contribution >= 0.6 is 0 Å². The van der Waals surface area contributed by atoms with E-state index in [9.17, 15) is 17.6 Å². The van der Waals surface area contributed by atoms with Gasteiger partial charge < -0.3 is 14.9 Å². The van der Waals surface area contributed by atoms with Crippen molar-refractivity contribution in [2.45, 2.75) is 17.4 Å². The van der Waals surface area contributed by atoms with Crippen molar-refractivity contribution in [2.24, 2.45) is 5.16 Å². The normalized spacial score (nSPS) is 16.3. The molecule has 1 atom stereocenters. The second-order valence-corrected chi connectivity index (χ2v) is 8.64. The first-order valence-corrected chi connectivity index (χ1v) is 10.1. The average molecular weight is 421 g/mol. The number of oxime groups is 1. The number of hydrogen-bond donors (Lipinski definition) is 1. The Balaban J connectivity index is 1.77. The third-order valence-electron chi connectivity index (χ3n) is 4.33. The third-order valence-corrected chi connectivity index (χ3v) is 6.14. The van der Waals surface area contributed by atoms with Gasteiger partial charge in [0.25, 0.3) is 5.91 Å². The Labute approximate surface area is 168 Å². The fourth-order valence-electron chi connectivity index (χ4n) is 2.73. The van der Waals surface area contributed by atoms with Crippen molar-refractivity contribution in [3.05, 3.63) is 53.8 Å². The van der Waals surface area contributed by atoms with Crippen LogP contribution in [0.5, 0.6) is 5.75 Å². The van der Waals surface area contributed by atoms with Gasteiger partial charge in [0.1, 0.15) is 11.6 Å². The van der Waals surface area contributed by atoms with Crippen LogP contribution in [0, 0.1) is 5.82 Å². The van der Waals surface area contributed by atoms with Crippen LogP contribution in [0.3, 0.4) is 0 Å². The van der Waals surface area contributed by atoms with E-state index in [1.165, 1.54) is 51.5 Å². The number of benzene rings is 2. The molecule has 3 rings (SSSR count). The molecule has 1 aliphatic heterocycles. The monoisotopic (exact) mass is 421 g/mol. The molecule has 0 spiro atoms. The molecule has 1 amide bonds. The van der Waals surface area contributed by atoms with E-state index in [0.717, 1.165) is 4.31 Å². The van der Waals surface area contributed by atoms with Crippen LogP contribution in [-0.2, 0) is 19.7 Å². The van der Waals surface area contributed by atoms with E-state index >= 15 is 0 Å². The molecule has 2 aromatic rings. The first kappa shape index (κ1) is 20.7.